The quantitative estimate of drug-likeness (QED) is 0.893. The fourth-order valence-electron chi connectivity index (χ4n) is 1.86. The Morgan fingerprint density at radius 1 is 0.722 bits per heavy atom. The van der Waals surface area contributed by atoms with E-state index in [0.717, 1.165) is 11.1 Å². The van der Waals surface area contributed by atoms with E-state index in [9.17, 15) is 5.11 Å². The van der Waals surface area contributed by atoms with Gasteiger partial charge in [-0.05, 0) is 48.2 Å². The van der Waals surface area contributed by atoms with Crippen LogP contribution in [0.25, 0.3) is 0 Å². The Morgan fingerprint density at radius 2 is 1.06 bits per heavy atom. The molecule has 0 fully saturated rings. The van der Waals surface area contributed by atoms with Crippen LogP contribution in [0, 0.1) is 0 Å². The van der Waals surface area contributed by atoms with Crippen LogP contribution in [-0.2, 0) is 12.8 Å². The van der Waals surface area contributed by atoms with Crippen LogP contribution in [0.5, 0.6) is 0 Å². The van der Waals surface area contributed by atoms with Gasteiger partial charge < -0.3 is 5.11 Å². The first-order valence-corrected chi connectivity index (χ1v) is 6.56. The number of hydrogen-bond acceptors (Lipinski definition) is 1. The van der Waals surface area contributed by atoms with Gasteiger partial charge in [0.2, 0.25) is 0 Å². The van der Waals surface area contributed by atoms with E-state index in [1.807, 2.05) is 48.5 Å². The summed E-state index contributed by atoms with van der Waals surface area (Å²) in [4.78, 5) is 0. The van der Waals surface area contributed by atoms with Gasteiger partial charge in [-0.2, -0.15) is 0 Å². The first-order valence-electron chi connectivity index (χ1n) is 5.80. The molecule has 0 radical (unpaired) electrons. The minimum absolute atomic E-state index is 0.396. The second-order valence-electron chi connectivity index (χ2n) is 4.32. The molecule has 2 rings (SSSR count). The maximum Gasteiger partial charge on any atom is 0.0620 e. The van der Waals surface area contributed by atoms with Crippen molar-refractivity contribution in [2.45, 2.75) is 18.9 Å². The third-order valence-electron chi connectivity index (χ3n) is 2.77. The van der Waals surface area contributed by atoms with Crippen molar-refractivity contribution in [1.82, 2.24) is 0 Å². The molecule has 0 aromatic heterocycles. The van der Waals surface area contributed by atoms with Gasteiger partial charge in [0.05, 0.1) is 6.10 Å². The Morgan fingerprint density at radius 3 is 1.39 bits per heavy atom. The third kappa shape index (κ3) is 4.02. The lowest BCUT2D eigenvalue weighted by Crippen LogP contribution is -2.13. The summed E-state index contributed by atoms with van der Waals surface area (Å²) in [6.45, 7) is 0. The standard InChI is InChI=1S/C15H14Cl2O/c16-13-5-1-11(2-6-13)9-15(18)10-12-3-7-14(17)8-4-12/h1-8,15,18H,9-10H2. The lowest BCUT2D eigenvalue weighted by molar-refractivity contribution is 0.175. The second-order valence-corrected chi connectivity index (χ2v) is 5.19. The zero-order valence-electron chi connectivity index (χ0n) is 9.81. The predicted octanol–water partition coefficient (Wildman–Crippen LogP) is 4.14. The zero-order valence-corrected chi connectivity index (χ0v) is 11.3. The van der Waals surface area contributed by atoms with Gasteiger partial charge in [0.25, 0.3) is 0 Å². The van der Waals surface area contributed by atoms with Crippen LogP contribution in [0.15, 0.2) is 48.5 Å². The smallest absolute Gasteiger partial charge is 0.0620 e. The van der Waals surface area contributed by atoms with E-state index in [2.05, 4.69) is 0 Å². The van der Waals surface area contributed by atoms with E-state index in [-0.39, 0.29) is 0 Å². The van der Waals surface area contributed by atoms with E-state index in [1.54, 1.807) is 0 Å². The molecule has 0 saturated carbocycles. The molecule has 0 unspecified atom stereocenters. The lowest BCUT2D eigenvalue weighted by atomic mass is 10.0. The van der Waals surface area contributed by atoms with Crippen LogP contribution in [0.1, 0.15) is 11.1 Å². The van der Waals surface area contributed by atoms with Crippen molar-refractivity contribution in [3.63, 3.8) is 0 Å². The molecule has 3 heteroatoms. The van der Waals surface area contributed by atoms with Crippen LogP contribution < -0.4 is 0 Å². The van der Waals surface area contributed by atoms with Gasteiger partial charge in [-0.3, -0.25) is 0 Å². The van der Waals surface area contributed by atoms with Crippen LogP contribution >= 0.6 is 23.2 Å². The summed E-state index contributed by atoms with van der Waals surface area (Å²) in [7, 11) is 0. The summed E-state index contributed by atoms with van der Waals surface area (Å²) in [6, 6.07) is 15.1. The SMILES string of the molecule is OC(Cc1ccc(Cl)cc1)Cc1ccc(Cl)cc1. The molecule has 1 N–H and O–H groups in total. The molecule has 0 spiro atoms. The molecule has 18 heavy (non-hydrogen) atoms. The highest BCUT2D eigenvalue weighted by molar-refractivity contribution is 6.30. The Kier molecular flexibility index (Phi) is 4.65. The fraction of sp³-hybridized carbons (Fsp3) is 0.200. The average molecular weight is 281 g/mol. The first-order chi connectivity index (χ1) is 8.63. The number of rotatable bonds is 4. The van der Waals surface area contributed by atoms with Crippen molar-refractivity contribution in [3.8, 4) is 0 Å². The van der Waals surface area contributed by atoms with Crippen molar-refractivity contribution < 1.29 is 5.11 Å². The summed E-state index contributed by atoms with van der Waals surface area (Å²) in [5.41, 5.74) is 2.17. The molecule has 0 bridgehead atoms. The summed E-state index contributed by atoms with van der Waals surface area (Å²) in [5, 5.41) is 11.5. The maximum absolute atomic E-state index is 10.0. The summed E-state index contributed by atoms with van der Waals surface area (Å²) in [6.07, 6.45) is 0.854. The highest BCUT2D eigenvalue weighted by atomic mass is 35.5. The fourth-order valence-corrected chi connectivity index (χ4v) is 2.11. The summed E-state index contributed by atoms with van der Waals surface area (Å²) >= 11 is 11.6. The van der Waals surface area contributed by atoms with Crippen molar-refractivity contribution in [2.24, 2.45) is 0 Å². The van der Waals surface area contributed by atoms with Gasteiger partial charge in [-0.1, -0.05) is 47.5 Å². The molecule has 0 saturated heterocycles. The largest absolute Gasteiger partial charge is 0.392 e. The van der Waals surface area contributed by atoms with Gasteiger partial charge in [0.1, 0.15) is 0 Å². The van der Waals surface area contributed by atoms with Crippen molar-refractivity contribution >= 4 is 23.2 Å². The van der Waals surface area contributed by atoms with Crippen LogP contribution in [0.3, 0.4) is 0 Å². The van der Waals surface area contributed by atoms with Crippen molar-refractivity contribution in [3.05, 3.63) is 69.7 Å². The second kappa shape index (κ2) is 6.24. The minimum Gasteiger partial charge on any atom is -0.392 e. The molecule has 0 aliphatic carbocycles. The minimum atomic E-state index is -0.396. The Bertz CT molecular complexity index is 443. The molecule has 94 valence electrons. The average Bonchev–Trinajstić information content (AvgIpc) is 2.35. The number of benzene rings is 2. The van der Waals surface area contributed by atoms with Gasteiger partial charge in [0.15, 0.2) is 0 Å². The highest BCUT2D eigenvalue weighted by Gasteiger charge is 2.07. The van der Waals surface area contributed by atoms with E-state index in [1.165, 1.54) is 0 Å². The summed E-state index contributed by atoms with van der Waals surface area (Å²) in [5.74, 6) is 0. The molecular weight excluding hydrogens is 267 g/mol. The van der Waals surface area contributed by atoms with E-state index in [0.29, 0.717) is 22.9 Å². The zero-order chi connectivity index (χ0) is 13.0. The molecule has 0 aliphatic heterocycles. The van der Waals surface area contributed by atoms with Gasteiger partial charge in [-0.15, -0.1) is 0 Å². The van der Waals surface area contributed by atoms with E-state index < -0.39 is 6.10 Å². The van der Waals surface area contributed by atoms with Crippen LogP contribution in [0.4, 0.5) is 0 Å². The number of aliphatic hydroxyl groups is 1. The maximum atomic E-state index is 10.0. The number of aliphatic hydroxyl groups excluding tert-OH is 1. The molecule has 0 heterocycles. The van der Waals surface area contributed by atoms with Crippen LogP contribution in [0.2, 0.25) is 10.0 Å². The van der Waals surface area contributed by atoms with E-state index >= 15 is 0 Å². The normalized spacial score (nSPS) is 10.9. The predicted molar refractivity (Wildman–Crippen MR) is 76.3 cm³/mol. The Balaban J connectivity index is 1.94. The highest BCUT2D eigenvalue weighted by Crippen LogP contribution is 2.14. The van der Waals surface area contributed by atoms with Gasteiger partial charge in [-0.25, -0.2) is 0 Å². The van der Waals surface area contributed by atoms with Crippen LogP contribution in [-0.4, -0.2) is 11.2 Å². The Hall–Kier alpha value is -1.02. The molecule has 0 amide bonds. The summed E-state index contributed by atoms with van der Waals surface area (Å²) < 4.78 is 0. The van der Waals surface area contributed by atoms with Gasteiger partial charge in [0, 0.05) is 10.0 Å². The monoisotopic (exact) mass is 280 g/mol. The Labute approximate surface area is 117 Å². The topological polar surface area (TPSA) is 20.2 Å². The van der Waals surface area contributed by atoms with E-state index in [4.69, 9.17) is 23.2 Å². The molecule has 0 atom stereocenters. The number of halogens is 2. The molecule has 1 nitrogen and oxygen atoms in total. The molecule has 2 aromatic rings. The molecule has 0 aliphatic rings. The molecular formula is C15H14Cl2O. The van der Waals surface area contributed by atoms with Gasteiger partial charge >= 0.3 is 0 Å². The molecule has 2 aromatic carbocycles. The number of hydrogen-bond donors (Lipinski definition) is 1. The van der Waals surface area contributed by atoms with Crippen molar-refractivity contribution in [2.75, 3.05) is 0 Å². The first kappa shape index (κ1) is 13.4. The van der Waals surface area contributed by atoms with Crippen molar-refractivity contribution in [1.29, 1.82) is 0 Å². The third-order valence-corrected chi connectivity index (χ3v) is 3.27. The lowest BCUT2D eigenvalue weighted by Gasteiger charge is -2.11.